The van der Waals surface area contributed by atoms with E-state index < -0.39 is 17.7 Å². The van der Waals surface area contributed by atoms with Gasteiger partial charge in [-0.1, -0.05) is 6.92 Å². The quantitative estimate of drug-likeness (QED) is 0.323. The standard InChI is InChI=1S/C13H17IN2O4/c1-3-15-13(7-17,8(2)18)16-12(20)10-5-4-9(14)6-11(10)19/h4-8,15,18-19H,3H2,1-2H3,(H,16,20)/t8-,13-/m1/s1. The summed E-state index contributed by atoms with van der Waals surface area (Å²) >= 11 is 2.00. The summed E-state index contributed by atoms with van der Waals surface area (Å²) in [6.45, 7) is 3.52. The van der Waals surface area contributed by atoms with Gasteiger partial charge < -0.3 is 15.5 Å². The van der Waals surface area contributed by atoms with Crippen LogP contribution in [0, 0.1) is 3.57 Å². The maximum atomic E-state index is 12.1. The monoisotopic (exact) mass is 392 g/mol. The van der Waals surface area contributed by atoms with Crippen LogP contribution in [0.1, 0.15) is 24.2 Å². The molecule has 6 nitrogen and oxygen atoms in total. The minimum absolute atomic E-state index is 0.0372. The number of carbonyl (C=O) groups is 2. The van der Waals surface area contributed by atoms with Gasteiger partial charge in [0.25, 0.3) is 5.91 Å². The second-order valence-corrected chi connectivity index (χ2v) is 5.55. The Morgan fingerprint density at radius 2 is 2.20 bits per heavy atom. The maximum absolute atomic E-state index is 12.1. The molecule has 0 aromatic heterocycles. The van der Waals surface area contributed by atoms with Crippen molar-refractivity contribution in [3.05, 3.63) is 27.3 Å². The highest BCUT2D eigenvalue weighted by molar-refractivity contribution is 14.1. The highest BCUT2D eigenvalue weighted by Gasteiger charge is 2.36. The van der Waals surface area contributed by atoms with E-state index in [1.165, 1.54) is 19.1 Å². The predicted molar refractivity (Wildman–Crippen MR) is 82.4 cm³/mol. The zero-order valence-electron chi connectivity index (χ0n) is 11.2. The van der Waals surface area contributed by atoms with Crippen molar-refractivity contribution < 1.29 is 19.8 Å². The molecular formula is C13H17IN2O4. The van der Waals surface area contributed by atoms with Gasteiger partial charge in [-0.05, 0) is 54.3 Å². The summed E-state index contributed by atoms with van der Waals surface area (Å²) in [6.07, 6.45) is -0.682. The SMILES string of the molecule is CCN[C@](C=O)(NC(=O)c1ccc(I)cc1O)[C@@H](C)O. The first-order valence-electron chi connectivity index (χ1n) is 6.06. The second-order valence-electron chi connectivity index (χ2n) is 4.31. The van der Waals surface area contributed by atoms with E-state index in [0.29, 0.717) is 12.8 Å². The molecule has 0 aliphatic rings. The molecule has 110 valence electrons. The van der Waals surface area contributed by atoms with Gasteiger partial charge in [0, 0.05) is 3.57 Å². The molecule has 0 heterocycles. The van der Waals surface area contributed by atoms with Crippen molar-refractivity contribution in [1.82, 2.24) is 10.6 Å². The summed E-state index contributed by atoms with van der Waals surface area (Å²) in [5.74, 6) is -0.829. The molecule has 0 unspecified atom stereocenters. The summed E-state index contributed by atoms with van der Waals surface area (Å²) in [7, 11) is 0. The Hall–Kier alpha value is -1.19. The van der Waals surface area contributed by atoms with Crippen LogP contribution >= 0.6 is 22.6 Å². The van der Waals surface area contributed by atoms with Gasteiger partial charge in [-0.2, -0.15) is 0 Å². The Kier molecular flexibility index (Phi) is 5.90. The van der Waals surface area contributed by atoms with Gasteiger partial charge in [-0.15, -0.1) is 0 Å². The number of rotatable bonds is 6. The van der Waals surface area contributed by atoms with Gasteiger partial charge >= 0.3 is 0 Å². The first-order chi connectivity index (χ1) is 9.36. The van der Waals surface area contributed by atoms with Gasteiger partial charge in [-0.25, -0.2) is 0 Å². The normalized spacial score (nSPS) is 15.2. The van der Waals surface area contributed by atoms with E-state index in [-0.39, 0.29) is 11.3 Å². The van der Waals surface area contributed by atoms with E-state index >= 15 is 0 Å². The molecule has 0 radical (unpaired) electrons. The van der Waals surface area contributed by atoms with Crippen LogP contribution in [-0.4, -0.2) is 40.7 Å². The first-order valence-corrected chi connectivity index (χ1v) is 7.14. The number of aldehydes is 1. The van der Waals surface area contributed by atoms with Crippen molar-refractivity contribution >= 4 is 34.8 Å². The third-order valence-electron chi connectivity index (χ3n) is 2.84. The summed E-state index contributed by atoms with van der Waals surface area (Å²) in [5, 5.41) is 24.7. The number of phenolic OH excluding ortho intramolecular Hbond substituents is 1. The lowest BCUT2D eigenvalue weighted by Crippen LogP contribution is -2.66. The minimum Gasteiger partial charge on any atom is -0.507 e. The van der Waals surface area contributed by atoms with Crippen LogP contribution < -0.4 is 10.6 Å². The van der Waals surface area contributed by atoms with Gasteiger partial charge in [-0.3, -0.25) is 14.9 Å². The molecular weight excluding hydrogens is 375 g/mol. The van der Waals surface area contributed by atoms with Gasteiger partial charge in [0.2, 0.25) is 0 Å². The molecule has 1 aromatic carbocycles. The number of phenols is 1. The van der Waals surface area contributed by atoms with Gasteiger partial charge in [0.15, 0.2) is 11.9 Å². The number of likely N-dealkylation sites (N-methyl/N-ethyl adjacent to an activating group) is 1. The van der Waals surface area contributed by atoms with E-state index in [2.05, 4.69) is 10.6 Å². The number of carbonyl (C=O) groups excluding carboxylic acids is 2. The molecule has 0 saturated carbocycles. The Balaban J connectivity index is 3.04. The van der Waals surface area contributed by atoms with Crippen LogP contribution in [-0.2, 0) is 4.79 Å². The molecule has 0 aliphatic carbocycles. The second kappa shape index (κ2) is 7.00. The Morgan fingerprint density at radius 3 is 2.65 bits per heavy atom. The van der Waals surface area contributed by atoms with Crippen molar-refractivity contribution in [2.24, 2.45) is 0 Å². The highest BCUT2D eigenvalue weighted by Crippen LogP contribution is 2.20. The lowest BCUT2D eigenvalue weighted by atomic mass is 10.0. The van der Waals surface area contributed by atoms with E-state index in [1.807, 2.05) is 22.6 Å². The fraction of sp³-hybridized carbons (Fsp3) is 0.385. The van der Waals surface area contributed by atoms with Gasteiger partial charge in [0.05, 0.1) is 11.7 Å². The first kappa shape index (κ1) is 16.9. The zero-order valence-corrected chi connectivity index (χ0v) is 13.3. The molecule has 1 aromatic rings. The van der Waals surface area contributed by atoms with Crippen LogP contribution in [0.5, 0.6) is 5.75 Å². The minimum atomic E-state index is -1.58. The van der Waals surface area contributed by atoms with Crippen molar-refractivity contribution in [2.75, 3.05) is 6.54 Å². The van der Waals surface area contributed by atoms with Gasteiger partial charge in [0.1, 0.15) is 5.75 Å². The molecule has 1 rings (SSSR count). The maximum Gasteiger partial charge on any atom is 0.256 e. The van der Waals surface area contributed by atoms with Crippen molar-refractivity contribution in [3.63, 3.8) is 0 Å². The Bertz CT molecular complexity index is 507. The third-order valence-corrected chi connectivity index (χ3v) is 3.51. The molecule has 0 bridgehead atoms. The topological polar surface area (TPSA) is 98.7 Å². The van der Waals surface area contributed by atoms with Crippen LogP contribution in [0.2, 0.25) is 0 Å². The number of amides is 1. The van der Waals surface area contributed by atoms with E-state index in [4.69, 9.17) is 0 Å². The molecule has 20 heavy (non-hydrogen) atoms. The van der Waals surface area contributed by atoms with Crippen molar-refractivity contribution in [1.29, 1.82) is 0 Å². The molecule has 2 atom stereocenters. The van der Waals surface area contributed by atoms with E-state index in [1.54, 1.807) is 13.0 Å². The number of nitrogens with one attached hydrogen (secondary N) is 2. The fourth-order valence-electron chi connectivity index (χ4n) is 1.71. The summed E-state index contributed by atoms with van der Waals surface area (Å²) in [4.78, 5) is 23.4. The molecule has 4 N–H and O–H groups in total. The summed E-state index contributed by atoms with van der Waals surface area (Å²) < 4.78 is 0.778. The van der Waals surface area contributed by atoms with Crippen LogP contribution in [0.15, 0.2) is 18.2 Å². The van der Waals surface area contributed by atoms with Crippen LogP contribution in [0.3, 0.4) is 0 Å². The lowest BCUT2D eigenvalue weighted by molar-refractivity contribution is -0.118. The van der Waals surface area contributed by atoms with E-state index in [0.717, 1.165) is 3.57 Å². The number of benzene rings is 1. The number of aliphatic hydroxyl groups excluding tert-OH is 1. The molecule has 0 aliphatic heterocycles. The Morgan fingerprint density at radius 1 is 1.55 bits per heavy atom. The summed E-state index contributed by atoms with van der Waals surface area (Å²) in [5.41, 5.74) is -1.54. The van der Waals surface area contributed by atoms with E-state index in [9.17, 15) is 19.8 Å². The number of aliphatic hydroxyl groups is 1. The lowest BCUT2D eigenvalue weighted by Gasteiger charge is -2.32. The Labute approximate surface area is 130 Å². The summed E-state index contributed by atoms with van der Waals surface area (Å²) in [6, 6.07) is 4.55. The third kappa shape index (κ3) is 3.68. The zero-order chi connectivity index (χ0) is 15.3. The van der Waals surface area contributed by atoms with Crippen LogP contribution in [0.25, 0.3) is 0 Å². The highest BCUT2D eigenvalue weighted by atomic mass is 127. The molecule has 0 fully saturated rings. The smallest absolute Gasteiger partial charge is 0.256 e. The number of hydrogen-bond acceptors (Lipinski definition) is 5. The van der Waals surface area contributed by atoms with Crippen molar-refractivity contribution in [3.8, 4) is 5.75 Å². The number of halogens is 1. The average Bonchev–Trinajstić information content (AvgIpc) is 2.37. The molecule has 1 amide bonds. The van der Waals surface area contributed by atoms with Crippen LogP contribution in [0.4, 0.5) is 0 Å². The number of aromatic hydroxyl groups is 1. The van der Waals surface area contributed by atoms with Crippen molar-refractivity contribution in [2.45, 2.75) is 25.6 Å². The molecule has 7 heteroatoms. The fourth-order valence-corrected chi connectivity index (χ4v) is 2.19. The number of hydrogen-bond donors (Lipinski definition) is 4. The largest absolute Gasteiger partial charge is 0.507 e. The molecule has 0 saturated heterocycles. The predicted octanol–water partition coefficient (Wildman–Crippen LogP) is 0.612. The average molecular weight is 392 g/mol. The molecule has 0 spiro atoms.